The molecule has 2 amide bonds. The number of primary amides is 1. The van der Waals surface area contributed by atoms with Crippen LogP contribution in [0.3, 0.4) is 0 Å². The molecule has 1 aromatic rings. The van der Waals surface area contributed by atoms with Crippen molar-refractivity contribution in [1.82, 2.24) is 5.32 Å². The molecular formula is C14H19FN2O2. The standard InChI is InChI=1S/C14H19FN2O2/c1-9(2)6-13(18)17-12(14(16)19)8-10-4-3-5-11(15)7-10/h3-5,7,9,12H,6,8H2,1-2H3,(H2,16,19)(H,17,18)/t12-/m0/s1. The Morgan fingerprint density at radius 2 is 2.05 bits per heavy atom. The van der Waals surface area contributed by atoms with E-state index < -0.39 is 11.9 Å². The molecule has 0 spiro atoms. The van der Waals surface area contributed by atoms with Gasteiger partial charge >= 0.3 is 0 Å². The third-order valence-corrected chi connectivity index (χ3v) is 2.60. The summed E-state index contributed by atoms with van der Waals surface area (Å²) in [6.07, 6.45) is 0.518. The fourth-order valence-corrected chi connectivity index (χ4v) is 1.75. The zero-order valence-corrected chi connectivity index (χ0v) is 11.2. The summed E-state index contributed by atoms with van der Waals surface area (Å²) >= 11 is 0. The number of nitrogens with two attached hydrogens (primary N) is 1. The van der Waals surface area contributed by atoms with Crippen molar-refractivity contribution in [1.29, 1.82) is 0 Å². The van der Waals surface area contributed by atoms with Gasteiger partial charge < -0.3 is 11.1 Å². The Labute approximate surface area is 112 Å². The molecule has 0 aliphatic rings. The molecule has 104 valence electrons. The van der Waals surface area contributed by atoms with E-state index in [1.165, 1.54) is 12.1 Å². The van der Waals surface area contributed by atoms with Gasteiger partial charge in [-0.3, -0.25) is 9.59 Å². The summed E-state index contributed by atoms with van der Waals surface area (Å²) in [7, 11) is 0. The molecule has 0 saturated heterocycles. The highest BCUT2D eigenvalue weighted by molar-refractivity contribution is 5.86. The SMILES string of the molecule is CC(C)CC(=O)N[C@@H](Cc1cccc(F)c1)C(N)=O. The van der Waals surface area contributed by atoms with Gasteiger partial charge in [-0.1, -0.05) is 26.0 Å². The minimum absolute atomic E-state index is 0.191. The van der Waals surface area contributed by atoms with Crippen molar-refractivity contribution >= 4 is 11.8 Å². The third-order valence-electron chi connectivity index (χ3n) is 2.60. The lowest BCUT2D eigenvalue weighted by Crippen LogP contribution is -2.46. The second-order valence-corrected chi connectivity index (χ2v) is 4.95. The van der Waals surface area contributed by atoms with E-state index in [9.17, 15) is 14.0 Å². The molecule has 1 atom stereocenters. The summed E-state index contributed by atoms with van der Waals surface area (Å²) in [6, 6.07) is 5.07. The van der Waals surface area contributed by atoms with Crippen LogP contribution in [0.2, 0.25) is 0 Å². The summed E-state index contributed by atoms with van der Waals surface area (Å²) in [5.41, 5.74) is 5.87. The smallest absolute Gasteiger partial charge is 0.240 e. The Bertz CT molecular complexity index is 461. The highest BCUT2D eigenvalue weighted by Gasteiger charge is 2.19. The molecule has 3 N–H and O–H groups in total. The van der Waals surface area contributed by atoms with Crippen LogP contribution in [0.5, 0.6) is 0 Å². The molecule has 5 heteroatoms. The summed E-state index contributed by atoms with van der Waals surface area (Å²) in [5.74, 6) is -1.03. The zero-order chi connectivity index (χ0) is 14.4. The van der Waals surface area contributed by atoms with Gasteiger partial charge in [0.25, 0.3) is 0 Å². The van der Waals surface area contributed by atoms with Crippen molar-refractivity contribution < 1.29 is 14.0 Å². The van der Waals surface area contributed by atoms with E-state index in [0.717, 1.165) is 0 Å². The number of hydrogen-bond donors (Lipinski definition) is 2. The lowest BCUT2D eigenvalue weighted by atomic mass is 10.0. The van der Waals surface area contributed by atoms with Crippen LogP contribution in [0, 0.1) is 11.7 Å². The highest BCUT2D eigenvalue weighted by Crippen LogP contribution is 2.07. The Hall–Kier alpha value is -1.91. The number of amides is 2. The van der Waals surface area contributed by atoms with Crippen molar-refractivity contribution in [3.05, 3.63) is 35.6 Å². The Kier molecular flexibility index (Phi) is 5.48. The van der Waals surface area contributed by atoms with Crippen LogP contribution >= 0.6 is 0 Å². The topological polar surface area (TPSA) is 72.2 Å². The second-order valence-electron chi connectivity index (χ2n) is 4.95. The van der Waals surface area contributed by atoms with Gasteiger partial charge in [0, 0.05) is 12.8 Å². The maximum absolute atomic E-state index is 13.0. The Morgan fingerprint density at radius 1 is 1.37 bits per heavy atom. The van der Waals surface area contributed by atoms with Gasteiger partial charge in [-0.15, -0.1) is 0 Å². The zero-order valence-electron chi connectivity index (χ0n) is 11.2. The van der Waals surface area contributed by atoms with Gasteiger partial charge in [-0.05, 0) is 23.6 Å². The first-order valence-corrected chi connectivity index (χ1v) is 6.21. The number of benzene rings is 1. The van der Waals surface area contributed by atoms with Gasteiger partial charge in [-0.25, -0.2) is 4.39 Å². The first-order chi connectivity index (χ1) is 8.88. The fourth-order valence-electron chi connectivity index (χ4n) is 1.75. The first kappa shape index (κ1) is 15.1. The maximum atomic E-state index is 13.0. The molecule has 0 fully saturated rings. The fraction of sp³-hybridized carbons (Fsp3) is 0.429. The van der Waals surface area contributed by atoms with Crippen LogP contribution in [-0.2, 0) is 16.0 Å². The van der Waals surface area contributed by atoms with Gasteiger partial charge in [0.15, 0.2) is 0 Å². The minimum atomic E-state index is -0.812. The molecule has 0 bridgehead atoms. The maximum Gasteiger partial charge on any atom is 0.240 e. The number of rotatable bonds is 6. The van der Waals surface area contributed by atoms with Crippen molar-refractivity contribution in [3.63, 3.8) is 0 Å². The highest BCUT2D eigenvalue weighted by atomic mass is 19.1. The Morgan fingerprint density at radius 3 is 2.58 bits per heavy atom. The lowest BCUT2D eigenvalue weighted by molar-refractivity contribution is -0.127. The van der Waals surface area contributed by atoms with E-state index in [2.05, 4.69) is 5.32 Å². The van der Waals surface area contributed by atoms with Gasteiger partial charge in [0.1, 0.15) is 11.9 Å². The molecule has 0 aliphatic carbocycles. The summed E-state index contributed by atoms with van der Waals surface area (Å²) in [6.45, 7) is 3.82. The number of nitrogens with one attached hydrogen (secondary N) is 1. The quantitative estimate of drug-likeness (QED) is 0.816. The molecule has 0 saturated carbocycles. The van der Waals surface area contributed by atoms with Crippen LogP contribution < -0.4 is 11.1 Å². The van der Waals surface area contributed by atoms with E-state index >= 15 is 0 Å². The molecule has 1 rings (SSSR count). The van der Waals surface area contributed by atoms with Crippen molar-refractivity contribution in [2.75, 3.05) is 0 Å². The molecule has 0 unspecified atom stereocenters. The van der Waals surface area contributed by atoms with E-state index in [1.54, 1.807) is 12.1 Å². The second kappa shape index (κ2) is 6.87. The van der Waals surface area contributed by atoms with E-state index in [1.807, 2.05) is 13.8 Å². The number of carbonyl (C=O) groups excluding carboxylic acids is 2. The van der Waals surface area contributed by atoms with E-state index in [0.29, 0.717) is 12.0 Å². The van der Waals surface area contributed by atoms with Crippen LogP contribution in [0.1, 0.15) is 25.8 Å². The average Bonchev–Trinajstić information content (AvgIpc) is 2.26. The normalized spacial score (nSPS) is 12.2. The molecule has 0 aliphatic heterocycles. The van der Waals surface area contributed by atoms with Crippen molar-refractivity contribution in [2.45, 2.75) is 32.7 Å². The van der Waals surface area contributed by atoms with Crippen molar-refractivity contribution in [3.8, 4) is 0 Å². The number of hydrogen-bond acceptors (Lipinski definition) is 2. The molecule has 19 heavy (non-hydrogen) atoms. The summed E-state index contributed by atoms with van der Waals surface area (Å²) < 4.78 is 13.0. The van der Waals surface area contributed by atoms with Crippen LogP contribution in [-0.4, -0.2) is 17.9 Å². The molecular weight excluding hydrogens is 247 g/mol. The molecule has 1 aromatic carbocycles. The van der Waals surface area contributed by atoms with E-state index in [4.69, 9.17) is 5.73 Å². The molecule has 0 aromatic heterocycles. The Balaban J connectivity index is 2.68. The first-order valence-electron chi connectivity index (χ1n) is 6.21. The van der Waals surface area contributed by atoms with Crippen LogP contribution in [0.15, 0.2) is 24.3 Å². The van der Waals surface area contributed by atoms with Gasteiger partial charge in [0.05, 0.1) is 0 Å². The molecule has 0 heterocycles. The van der Waals surface area contributed by atoms with Crippen LogP contribution in [0.4, 0.5) is 4.39 Å². The summed E-state index contributed by atoms with van der Waals surface area (Å²) in [5, 5.41) is 2.58. The number of halogens is 1. The number of carbonyl (C=O) groups is 2. The third kappa shape index (κ3) is 5.50. The molecule has 0 radical (unpaired) electrons. The lowest BCUT2D eigenvalue weighted by Gasteiger charge is -2.16. The van der Waals surface area contributed by atoms with Gasteiger partial charge in [0.2, 0.25) is 11.8 Å². The minimum Gasteiger partial charge on any atom is -0.368 e. The largest absolute Gasteiger partial charge is 0.368 e. The van der Waals surface area contributed by atoms with Gasteiger partial charge in [-0.2, -0.15) is 0 Å². The van der Waals surface area contributed by atoms with Crippen molar-refractivity contribution in [2.24, 2.45) is 11.7 Å². The van der Waals surface area contributed by atoms with Crippen LogP contribution in [0.25, 0.3) is 0 Å². The molecule has 4 nitrogen and oxygen atoms in total. The summed E-state index contributed by atoms with van der Waals surface area (Å²) in [4.78, 5) is 23.0. The monoisotopic (exact) mass is 266 g/mol. The van der Waals surface area contributed by atoms with E-state index in [-0.39, 0.29) is 24.1 Å². The predicted molar refractivity (Wildman–Crippen MR) is 70.7 cm³/mol. The average molecular weight is 266 g/mol. The predicted octanol–water partition coefficient (Wildman–Crippen LogP) is 1.38.